The molecule has 0 radical (unpaired) electrons. The van der Waals surface area contributed by atoms with Gasteiger partial charge >= 0.3 is 0 Å². The number of non-ortho nitro benzene ring substituents is 1. The largest absolute Gasteiger partial charge is 0.382 e. The van der Waals surface area contributed by atoms with Crippen molar-refractivity contribution in [1.82, 2.24) is 10.3 Å². The van der Waals surface area contributed by atoms with Gasteiger partial charge in [0.25, 0.3) is 5.69 Å². The van der Waals surface area contributed by atoms with Crippen LogP contribution in [0.15, 0.2) is 22.5 Å². The number of thioether (sulfide) groups is 1. The molecule has 0 spiro atoms. The summed E-state index contributed by atoms with van der Waals surface area (Å²) in [5.41, 5.74) is 0.755. The van der Waals surface area contributed by atoms with E-state index < -0.39 is 4.92 Å². The molecule has 0 atom stereocenters. The average molecular weight is 355 g/mol. The molecule has 2 aromatic rings. The van der Waals surface area contributed by atoms with Crippen LogP contribution < -0.4 is 5.32 Å². The first-order valence-electron chi connectivity index (χ1n) is 7.12. The fourth-order valence-corrected chi connectivity index (χ4v) is 3.72. The maximum absolute atomic E-state index is 11.7. The Morgan fingerprint density at radius 1 is 1.52 bits per heavy atom. The average Bonchev–Trinajstić information content (AvgIpc) is 2.94. The van der Waals surface area contributed by atoms with Crippen LogP contribution in [0.1, 0.15) is 13.3 Å². The van der Waals surface area contributed by atoms with E-state index in [4.69, 9.17) is 4.74 Å². The first-order chi connectivity index (χ1) is 11.1. The predicted octanol–water partition coefficient (Wildman–Crippen LogP) is 2.84. The van der Waals surface area contributed by atoms with E-state index in [1.165, 1.54) is 35.2 Å². The number of ether oxygens (including phenoxy) is 1. The molecule has 1 amide bonds. The fourth-order valence-electron chi connectivity index (χ4n) is 1.79. The predicted molar refractivity (Wildman–Crippen MR) is 91.1 cm³/mol. The second kappa shape index (κ2) is 8.80. The molecule has 1 heterocycles. The standard InChI is InChI=1S/C14H17N3O4S2/c1-2-21-7-3-6-15-13(18)9-22-14-16-11-5-4-10(17(19)20)8-12(11)23-14/h4-5,8H,2-3,6-7,9H2,1H3,(H,15,18). The Morgan fingerprint density at radius 3 is 3.09 bits per heavy atom. The van der Waals surface area contributed by atoms with Crippen molar-refractivity contribution in [1.29, 1.82) is 0 Å². The number of nitro groups is 1. The van der Waals surface area contributed by atoms with Gasteiger partial charge in [0.05, 0.1) is 20.9 Å². The van der Waals surface area contributed by atoms with E-state index >= 15 is 0 Å². The van der Waals surface area contributed by atoms with Gasteiger partial charge in [-0.15, -0.1) is 11.3 Å². The molecular weight excluding hydrogens is 338 g/mol. The monoisotopic (exact) mass is 355 g/mol. The Balaban J connectivity index is 1.82. The van der Waals surface area contributed by atoms with Crippen molar-refractivity contribution in [3.63, 3.8) is 0 Å². The third-order valence-corrected chi connectivity index (χ3v) is 5.04. The molecule has 0 saturated heterocycles. The summed E-state index contributed by atoms with van der Waals surface area (Å²) < 4.78 is 6.67. The van der Waals surface area contributed by atoms with Crippen LogP contribution in [0.4, 0.5) is 5.69 Å². The van der Waals surface area contributed by atoms with Crippen molar-refractivity contribution in [2.75, 3.05) is 25.5 Å². The summed E-state index contributed by atoms with van der Waals surface area (Å²) in [5, 5.41) is 13.6. The summed E-state index contributed by atoms with van der Waals surface area (Å²) in [4.78, 5) is 26.4. The normalized spacial score (nSPS) is 10.8. The summed E-state index contributed by atoms with van der Waals surface area (Å²) >= 11 is 2.68. The van der Waals surface area contributed by atoms with E-state index in [-0.39, 0.29) is 17.3 Å². The summed E-state index contributed by atoms with van der Waals surface area (Å²) in [7, 11) is 0. The number of carbonyl (C=O) groups is 1. The number of nitrogens with zero attached hydrogens (tertiary/aromatic N) is 2. The zero-order valence-electron chi connectivity index (χ0n) is 12.6. The summed E-state index contributed by atoms with van der Waals surface area (Å²) in [6, 6.07) is 4.56. The number of hydrogen-bond acceptors (Lipinski definition) is 7. The number of carbonyl (C=O) groups excluding carboxylic acids is 1. The summed E-state index contributed by atoms with van der Waals surface area (Å²) in [6.07, 6.45) is 0.787. The summed E-state index contributed by atoms with van der Waals surface area (Å²) in [6.45, 7) is 3.84. The molecule has 23 heavy (non-hydrogen) atoms. The van der Waals surface area contributed by atoms with Crippen molar-refractivity contribution in [2.45, 2.75) is 17.7 Å². The van der Waals surface area contributed by atoms with Gasteiger partial charge in [-0.1, -0.05) is 11.8 Å². The van der Waals surface area contributed by atoms with Gasteiger partial charge in [-0.05, 0) is 19.4 Å². The molecule has 0 aliphatic heterocycles. The Kier molecular flexibility index (Phi) is 6.75. The van der Waals surface area contributed by atoms with Crippen molar-refractivity contribution >= 4 is 44.9 Å². The smallest absolute Gasteiger partial charge is 0.270 e. The number of fused-ring (bicyclic) bond motifs is 1. The number of benzene rings is 1. The molecule has 1 N–H and O–H groups in total. The van der Waals surface area contributed by atoms with Gasteiger partial charge < -0.3 is 10.1 Å². The van der Waals surface area contributed by atoms with Crippen LogP contribution in [0.2, 0.25) is 0 Å². The number of aromatic nitrogens is 1. The van der Waals surface area contributed by atoms with Gasteiger partial charge in [0.1, 0.15) is 0 Å². The Bertz CT molecular complexity index is 690. The van der Waals surface area contributed by atoms with Crippen molar-refractivity contribution in [2.24, 2.45) is 0 Å². The zero-order valence-corrected chi connectivity index (χ0v) is 14.2. The molecule has 0 aliphatic rings. The topological polar surface area (TPSA) is 94.4 Å². The van der Waals surface area contributed by atoms with Gasteiger partial charge in [0, 0.05) is 31.9 Å². The lowest BCUT2D eigenvalue weighted by atomic mass is 10.3. The minimum Gasteiger partial charge on any atom is -0.382 e. The lowest BCUT2D eigenvalue weighted by molar-refractivity contribution is -0.384. The highest BCUT2D eigenvalue weighted by atomic mass is 32.2. The van der Waals surface area contributed by atoms with Crippen molar-refractivity contribution in [3.8, 4) is 0 Å². The maximum atomic E-state index is 11.7. The van der Waals surface area contributed by atoms with Gasteiger partial charge in [-0.25, -0.2) is 4.98 Å². The highest BCUT2D eigenvalue weighted by Crippen LogP contribution is 2.31. The van der Waals surface area contributed by atoms with Gasteiger partial charge in [-0.3, -0.25) is 14.9 Å². The van der Waals surface area contributed by atoms with Gasteiger partial charge in [0.15, 0.2) is 4.34 Å². The van der Waals surface area contributed by atoms with Crippen LogP contribution in [-0.4, -0.2) is 41.3 Å². The Labute approximate surface area is 141 Å². The van der Waals surface area contributed by atoms with Crippen LogP contribution in [-0.2, 0) is 9.53 Å². The lowest BCUT2D eigenvalue weighted by Crippen LogP contribution is -2.26. The lowest BCUT2D eigenvalue weighted by Gasteiger charge is -2.04. The third kappa shape index (κ3) is 5.45. The van der Waals surface area contributed by atoms with E-state index in [0.29, 0.717) is 25.3 Å². The number of thiazole rings is 1. The molecule has 0 unspecified atom stereocenters. The van der Waals surface area contributed by atoms with E-state index in [2.05, 4.69) is 10.3 Å². The Hall–Kier alpha value is -1.71. The fraction of sp³-hybridized carbons (Fsp3) is 0.429. The van der Waals surface area contributed by atoms with Gasteiger partial charge in [0.2, 0.25) is 5.91 Å². The highest BCUT2D eigenvalue weighted by Gasteiger charge is 2.11. The second-order valence-corrected chi connectivity index (χ2v) is 6.83. The molecule has 2 rings (SSSR count). The van der Waals surface area contributed by atoms with E-state index in [9.17, 15) is 14.9 Å². The molecule has 0 saturated carbocycles. The van der Waals surface area contributed by atoms with Crippen LogP contribution in [0.5, 0.6) is 0 Å². The number of amides is 1. The molecule has 0 aliphatic carbocycles. The highest BCUT2D eigenvalue weighted by molar-refractivity contribution is 8.01. The van der Waals surface area contributed by atoms with Crippen LogP contribution in [0.25, 0.3) is 10.2 Å². The van der Waals surface area contributed by atoms with Crippen molar-refractivity contribution in [3.05, 3.63) is 28.3 Å². The molecule has 7 nitrogen and oxygen atoms in total. The number of nitrogens with one attached hydrogen (secondary N) is 1. The molecule has 1 aromatic carbocycles. The third-order valence-electron chi connectivity index (χ3n) is 2.88. The van der Waals surface area contributed by atoms with Gasteiger partial charge in [-0.2, -0.15) is 0 Å². The maximum Gasteiger partial charge on any atom is 0.270 e. The van der Waals surface area contributed by atoms with E-state index in [1.807, 2.05) is 6.92 Å². The van der Waals surface area contributed by atoms with Crippen LogP contribution in [0.3, 0.4) is 0 Å². The minimum absolute atomic E-state index is 0.0461. The molecule has 1 aromatic heterocycles. The van der Waals surface area contributed by atoms with Crippen LogP contribution in [0, 0.1) is 10.1 Å². The first-order valence-corrected chi connectivity index (χ1v) is 8.92. The molecule has 0 bridgehead atoms. The first kappa shape index (κ1) is 17.6. The van der Waals surface area contributed by atoms with Crippen molar-refractivity contribution < 1.29 is 14.5 Å². The zero-order chi connectivity index (χ0) is 16.7. The number of rotatable bonds is 9. The molecular formula is C14H17N3O4S2. The second-order valence-electron chi connectivity index (χ2n) is 4.58. The quantitative estimate of drug-likeness (QED) is 0.322. The van der Waals surface area contributed by atoms with E-state index in [0.717, 1.165) is 15.5 Å². The Morgan fingerprint density at radius 2 is 2.35 bits per heavy atom. The number of nitro benzene ring substituents is 1. The molecule has 0 fully saturated rings. The number of hydrogen-bond donors (Lipinski definition) is 1. The molecule has 9 heteroatoms. The minimum atomic E-state index is -0.429. The van der Waals surface area contributed by atoms with Crippen LogP contribution >= 0.6 is 23.1 Å². The van der Waals surface area contributed by atoms with E-state index in [1.54, 1.807) is 6.07 Å². The summed E-state index contributed by atoms with van der Waals surface area (Å²) in [5.74, 6) is 0.216. The molecule has 124 valence electrons. The SMILES string of the molecule is CCOCCCNC(=O)CSc1nc2ccc([N+](=O)[O-])cc2s1.